The molecule has 6 heteroatoms. The van der Waals surface area contributed by atoms with Crippen LogP contribution in [0.5, 0.6) is 11.5 Å². The fraction of sp³-hybridized carbons (Fsp3) is 0.375. The van der Waals surface area contributed by atoms with E-state index < -0.39 is 0 Å². The molecule has 3 rings (SSSR count). The molecule has 0 N–H and O–H groups in total. The minimum Gasteiger partial charge on any atom is -0.493 e. The Kier molecular flexibility index (Phi) is 8.06. The average Bonchev–Trinajstić information content (AvgIpc) is 3.11. The van der Waals surface area contributed by atoms with Crippen molar-refractivity contribution in [2.75, 3.05) is 13.2 Å². The van der Waals surface area contributed by atoms with E-state index in [-0.39, 0.29) is 0 Å². The number of hydrogen-bond donors (Lipinski definition) is 0. The molecular formula is C24H27Cl2NO3. The van der Waals surface area contributed by atoms with Crippen LogP contribution < -0.4 is 9.47 Å². The van der Waals surface area contributed by atoms with Gasteiger partial charge < -0.3 is 14.0 Å². The maximum absolute atomic E-state index is 6.56. The molecule has 1 aromatic heterocycles. The molecule has 0 fully saturated rings. The quantitative estimate of drug-likeness (QED) is 0.295. The molecule has 0 unspecified atom stereocenters. The van der Waals surface area contributed by atoms with Crippen molar-refractivity contribution in [2.45, 2.75) is 46.5 Å². The zero-order valence-electron chi connectivity index (χ0n) is 17.6. The largest absolute Gasteiger partial charge is 0.493 e. The van der Waals surface area contributed by atoms with Gasteiger partial charge in [-0.15, -0.1) is 0 Å². The van der Waals surface area contributed by atoms with Crippen molar-refractivity contribution in [1.29, 1.82) is 0 Å². The summed E-state index contributed by atoms with van der Waals surface area (Å²) < 4.78 is 17.7. The third-order valence-corrected chi connectivity index (χ3v) is 5.30. The molecule has 0 spiro atoms. The summed E-state index contributed by atoms with van der Waals surface area (Å²) in [6, 6.07) is 11.3. The molecule has 0 radical (unpaired) electrons. The van der Waals surface area contributed by atoms with Crippen LogP contribution in [0.4, 0.5) is 0 Å². The van der Waals surface area contributed by atoms with E-state index in [2.05, 4.69) is 19.0 Å². The molecule has 0 saturated heterocycles. The predicted molar refractivity (Wildman–Crippen MR) is 123 cm³/mol. The highest BCUT2D eigenvalue weighted by Gasteiger charge is 2.22. The van der Waals surface area contributed by atoms with Gasteiger partial charge in [-0.25, -0.2) is 0 Å². The lowest BCUT2D eigenvalue weighted by molar-refractivity contribution is 0.294. The van der Waals surface area contributed by atoms with Crippen LogP contribution in [0.3, 0.4) is 0 Å². The van der Waals surface area contributed by atoms with Gasteiger partial charge in [0.15, 0.2) is 5.76 Å². The first kappa shape index (κ1) is 22.5. The van der Waals surface area contributed by atoms with Gasteiger partial charge in [0, 0.05) is 11.1 Å². The van der Waals surface area contributed by atoms with Gasteiger partial charge in [0.2, 0.25) is 0 Å². The maximum atomic E-state index is 6.56. The lowest BCUT2D eigenvalue weighted by Gasteiger charge is -2.15. The van der Waals surface area contributed by atoms with E-state index in [4.69, 9.17) is 37.2 Å². The standard InChI is InChI=1S/C24H27Cl2NO3/c1-4-6-11-28-21-15-22(29-12-7-5-2)20(26)14-19(21)24-23(16(3)27-30-24)17-9-8-10-18(25)13-17/h8-10,13-15H,4-7,11-12H2,1-3H3. The zero-order chi connectivity index (χ0) is 21.5. The third kappa shape index (κ3) is 5.30. The fourth-order valence-corrected chi connectivity index (χ4v) is 3.54. The van der Waals surface area contributed by atoms with E-state index >= 15 is 0 Å². The Morgan fingerprint density at radius 2 is 1.63 bits per heavy atom. The Labute approximate surface area is 188 Å². The Morgan fingerprint density at radius 1 is 0.933 bits per heavy atom. The molecule has 0 saturated carbocycles. The summed E-state index contributed by atoms with van der Waals surface area (Å²) in [4.78, 5) is 0. The number of ether oxygens (including phenoxy) is 2. The van der Waals surface area contributed by atoms with Gasteiger partial charge in [0.05, 0.1) is 35.1 Å². The summed E-state index contributed by atoms with van der Waals surface area (Å²) in [6.07, 6.45) is 4.00. The normalized spacial score (nSPS) is 11.0. The molecule has 0 amide bonds. The Balaban J connectivity index is 2.07. The number of hydrogen-bond acceptors (Lipinski definition) is 4. The van der Waals surface area contributed by atoms with Crippen molar-refractivity contribution in [2.24, 2.45) is 0 Å². The molecule has 0 atom stereocenters. The number of benzene rings is 2. The number of unbranched alkanes of at least 4 members (excludes halogenated alkanes) is 2. The van der Waals surface area contributed by atoms with Crippen LogP contribution in [-0.4, -0.2) is 18.4 Å². The van der Waals surface area contributed by atoms with Crippen molar-refractivity contribution in [3.63, 3.8) is 0 Å². The van der Waals surface area contributed by atoms with E-state index in [1.54, 1.807) is 0 Å². The van der Waals surface area contributed by atoms with E-state index in [0.717, 1.165) is 48.1 Å². The smallest absolute Gasteiger partial charge is 0.178 e. The molecule has 4 nitrogen and oxygen atoms in total. The van der Waals surface area contributed by atoms with Crippen molar-refractivity contribution in [1.82, 2.24) is 5.16 Å². The van der Waals surface area contributed by atoms with Crippen molar-refractivity contribution in [3.05, 3.63) is 52.1 Å². The molecule has 2 aromatic carbocycles. The van der Waals surface area contributed by atoms with Crippen LogP contribution >= 0.6 is 23.2 Å². The highest BCUT2D eigenvalue weighted by atomic mass is 35.5. The zero-order valence-corrected chi connectivity index (χ0v) is 19.1. The van der Waals surface area contributed by atoms with E-state index in [1.165, 1.54) is 0 Å². The molecule has 0 bridgehead atoms. The van der Waals surface area contributed by atoms with Gasteiger partial charge in [-0.1, -0.05) is 67.2 Å². The van der Waals surface area contributed by atoms with Crippen LogP contribution in [0.25, 0.3) is 22.5 Å². The first-order valence-corrected chi connectivity index (χ1v) is 11.1. The van der Waals surface area contributed by atoms with E-state index in [9.17, 15) is 0 Å². The second kappa shape index (κ2) is 10.7. The van der Waals surface area contributed by atoms with Gasteiger partial charge in [0.25, 0.3) is 0 Å². The summed E-state index contributed by atoms with van der Waals surface area (Å²) in [5.74, 6) is 1.88. The predicted octanol–water partition coefficient (Wildman–Crippen LogP) is 7.98. The van der Waals surface area contributed by atoms with Gasteiger partial charge in [-0.2, -0.15) is 0 Å². The first-order valence-electron chi connectivity index (χ1n) is 10.4. The molecule has 160 valence electrons. The third-order valence-electron chi connectivity index (χ3n) is 4.77. The lowest BCUT2D eigenvalue weighted by Crippen LogP contribution is -2.01. The van der Waals surface area contributed by atoms with Crippen LogP contribution in [0, 0.1) is 6.92 Å². The Morgan fingerprint density at radius 3 is 2.30 bits per heavy atom. The lowest BCUT2D eigenvalue weighted by atomic mass is 9.99. The van der Waals surface area contributed by atoms with Crippen molar-refractivity contribution in [3.8, 4) is 33.9 Å². The molecule has 0 aliphatic rings. The summed E-state index contributed by atoms with van der Waals surface area (Å²) in [6.45, 7) is 7.36. The van der Waals surface area contributed by atoms with Crippen LogP contribution in [0.15, 0.2) is 40.9 Å². The van der Waals surface area contributed by atoms with Crippen LogP contribution in [0.2, 0.25) is 10.0 Å². The van der Waals surface area contributed by atoms with Crippen LogP contribution in [-0.2, 0) is 0 Å². The molecule has 30 heavy (non-hydrogen) atoms. The second-order valence-electron chi connectivity index (χ2n) is 7.17. The van der Waals surface area contributed by atoms with E-state index in [0.29, 0.717) is 40.5 Å². The number of halogens is 2. The number of nitrogens with zero attached hydrogens (tertiary/aromatic N) is 1. The summed E-state index contributed by atoms with van der Waals surface area (Å²) in [7, 11) is 0. The van der Waals surface area contributed by atoms with E-state index in [1.807, 2.05) is 43.3 Å². The monoisotopic (exact) mass is 447 g/mol. The molecule has 0 aliphatic carbocycles. The second-order valence-corrected chi connectivity index (χ2v) is 8.01. The summed E-state index contributed by atoms with van der Waals surface area (Å²) in [5.41, 5.74) is 3.31. The Hall–Kier alpha value is -2.17. The minimum absolute atomic E-state index is 0.509. The SMILES string of the molecule is CCCCOc1cc(OCCCC)c(-c2onc(C)c2-c2cccc(Cl)c2)cc1Cl. The van der Waals surface area contributed by atoms with Crippen molar-refractivity contribution >= 4 is 23.2 Å². The molecule has 3 aromatic rings. The topological polar surface area (TPSA) is 44.5 Å². The summed E-state index contributed by atoms with van der Waals surface area (Å²) >= 11 is 12.8. The van der Waals surface area contributed by atoms with Crippen LogP contribution in [0.1, 0.15) is 45.2 Å². The fourth-order valence-electron chi connectivity index (χ4n) is 3.13. The minimum atomic E-state index is 0.509. The Bertz CT molecular complexity index is 985. The van der Waals surface area contributed by atoms with Gasteiger partial charge >= 0.3 is 0 Å². The average molecular weight is 448 g/mol. The first-order chi connectivity index (χ1) is 14.5. The molecule has 1 heterocycles. The summed E-state index contributed by atoms with van der Waals surface area (Å²) in [5, 5.41) is 5.36. The molecular weight excluding hydrogens is 421 g/mol. The van der Waals surface area contributed by atoms with Crippen molar-refractivity contribution < 1.29 is 14.0 Å². The maximum Gasteiger partial charge on any atom is 0.178 e. The number of aromatic nitrogens is 1. The number of rotatable bonds is 10. The van der Waals surface area contributed by atoms with Gasteiger partial charge in [0.1, 0.15) is 11.5 Å². The molecule has 0 aliphatic heterocycles. The number of aryl methyl sites for hydroxylation is 1. The van der Waals surface area contributed by atoms with Gasteiger partial charge in [-0.05, 0) is 43.5 Å². The van der Waals surface area contributed by atoms with Gasteiger partial charge in [-0.3, -0.25) is 0 Å². The highest BCUT2D eigenvalue weighted by Crippen LogP contribution is 2.44. The highest BCUT2D eigenvalue weighted by molar-refractivity contribution is 6.32.